The van der Waals surface area contributed by atoms with Gasteiger partial charge in [0.15, 0.2) is 0 Å². The van der Waals surface area contributed by atoms with Crippen molar-refractivity contribution in [2.24, 2.45) is 0 Å². The number of aryl methyl sites for hydroxylation is 1. The van der Waals surface area contributed by atoms with Gasteiger partial charge >= 0.3 is 13.3 Å². The minimum absolute atomic E-state index is 0.224. The van der Waals surface area contributed by atoms with E-state index in [4.69, 9.17) is 9.31 Å². The molecule has 1 saturated carbocycles. The van der Waals surface area contributed by atoms with Gasteiger partial charge in [-0.3, -0.25) is 4.68 Å². The Balaban J connectivity index is 1.60. The van der Waals surface area contributed by atoms with E-state index in [0.29, 0.717) is 5.52 Å². The molecular formula is C19H24BF3N2O2. The molecule has 2 heterocycles. The number of rotatable bonds is 3. The summed E-state index contributed by atoms with van der Waals surface area (Å²) in [6, 6.07) is 3.90. The highest BCUT2D eigenvalue weighted by Crippen LogP contribution is 2.58. The first-order chi connectivity index (χ1) is 12.4. The number of fused-ring (bicyclic) bond motifs is 1. The maximum atomic E-state index is 12.8. The lowest BCUT2D eigenvalue weighted by molar-refractivity contribution is -0.141. The molecular weight excluding hydrogens is 356 g/mol. The van der Waals surface area contributed by atoms with E-state index in [1.54, 1.807) is 0 Å². The molecule has 8 heteroatoms. The molecule has 2 aliphatic rings. The third kappa shape index (κ3) is 3.27. The van der Waals surface area contributed by atoms with Crippen molar-refractivity contribution < 1.29 is 22.5 Å². The molecule has 0 unspecified atom stereocenters. The quantitative estimate of drug-likeness (QED) is 0.714. The highest BCUT2D eigenvalue weighted by Gasteiger charge is 2.59. The molecule has 1 aliphatic carbocycles. The average Bonchev–Trinajstić information content (AvgIpc) is 3.16. The summed E-state index contributed by atoms with van der Waals surface area (Å²) in [5, 5.41) is 4.70. The standard InChI is InChI=1S/C19H24BF3N2O2/c1-11-6-12(7-16-14(11)9-24-25(16)10-19(21,22)23)13-8-15(13)20-26-17(2,3)18(4,5)27-20/h6-7,9,13,15H,8,10H2,1-5H3/t13-,15+/m1/s1. The third-order valence-electron chi connectivity index (χ3n) is 6.21. The van der Waals surface area contributed by atoms with Crippen molar-refractivity contribution in [3.63, 3.8) is 0 Å². The summed E-state index contributed by atoms with van der Waals surface area (Å²) in [4.78, 5) is 0. The summed E-state index contributed by atoms with van der Waals surface area (Å²) < 4.78 is 51.8. The lowest BCUT2D eigenvalue weighted by Gasteiger charge is -2.32. The first kappa shape index (κ1) is 18.8. The molecule has 4 nitrogen and oxygen atoms in total. The Morgan fingerprint density at radius 3 is 2.41 bits per heavy atom. The number of nitrogens with zero attached hydrogens (tertiary/aromatic N) is 2. The molecule has 0 radical (unpaired) electrons. The van der Waals surface area contributed by atoms with E-state index in [1.165, 1.54) is 6.20 Å². The van der Waals surface area contributed by atoms with Gasteiger partial charge in [0.05, 0.1) is 22.9 Å². The molecule has 27 heavy (non-hydrogen) atoms. The van der Waals surface area contributed by atoms with E-state index in [1.807, 2.05) is 40.7 Å². The van der Waals surface area contributed by atoms with Crippen molar-refractivity contribution in [1.82, 2.24) is 9.78 Å². The molecule has 1 aliphatic heterocycles. The molecule has 1 aromatic heterocycles. The van der Waals surface area contributed by atoms with Crippen LogP contribution in [-0.4, -0.2) is 34.3 Å². The van der Waals surface area contributed by atoms with E-state index >= 15 is 0 Å². The number of halogens is 3. The zero-order chi connectivity index (χ0) is 19.8. The monoisotopic (exact) mass is 380 g/mol. The number of hydrogen-bond acceptors (Lipinski definition) is 3. The summed E-state index contributed by atoms with van der Waals surface area (Å²) in [5.41, 5.74) is 1.74. The molecule has 2 fully saturated rings. The summed E-state index contributed by atoms with van der Waals surface area (Å²) in [7, 11) is -0.281. The first-order valence-corrected chi connectivity index (χ1v) is 9.26. The van der Waals surface area contributed by atoms with Gasteiger partial charge in [0.2, 0.25) is 0 Å². The molecule has 0 amide bonds. The number of aromatic nitrogens is 2. The molecule has 0 bridgehead atoms. The maximum Gasteiger partial charge on any atom is 0.461 e. The highest BCUT2D eigenvalue weighted by atomic mass is 19.4. The van der Waals surface area contributed by atoms with Gasteiger partial charge in [-0.2, -0.15) is 18.3 Å². The fourth-order valence-corrected chi connectivity index (χ4v) is 3.85. The second kappa shape index (κ2) is 5.73. The number of hydrogen-bond donors (Lipinski definition) is 0. The van der Waals surface area contributed by atoms with Gasteiger partial charge in [-0.25, -0.2) is 0 Å². The van der Waals surface area contributed by atoms with E-state index in [0.717, 1.165) is 27.6 Å². The van der Waals surface area contributed by atoms with Gasteiger partial charge in [0.25, 0.3) is 0 Å². The van der Waals surface area contributed by atoms with Crippen LogP contribution in [-0.2, 0) is 15.9 Å². The van der Waals surface area contributed by atoms with E-state index in [-0.39, 0.29) is 30.1 Å². The number of alkyl halides is 3. The summed E-state index contributed by atoms with van der Waals surface area (Å²) in [6.45, 7) is 8.93. The van der Waals surface area contributed by atoms with E-state index in [9.17, 15) is 13.2 Å². The van der Waals surface area contributed by atoms with Crippen molar-refractivity contribution >= 4 is 18.0 Å². The van der Waals surface area contributed by atoms with Gasteiger partial charge in [-0.1, -0.05) is 6.07 Å². The van der Waals surface area contributed by atoms with Crippen LogP contribution in [0.15, 0.2) is 18.3 Å². The zero-order valence-electron chi connectivity index (χ0n) is 16.2. The van der Waals surface area contributed by atoms with Gasteiger partial charge in [-0.05, 0) is 64.2 Å². The van der Waals surface area contributed by atoms with E-state index < -0.39 is 12.7 Å². The molecule has 1 aromatic carbocycles. The Labute approximate surface area is 157 Å². The Morgan fingerprint density at radius 1 is 1.19 bits per heavy atom. The topological polar surface area (TPSA) is 36.3 Å². The molecule has 4 rings (SSSR count). The summed E-state index contributed by atoms with van der Waals surface area (Å²) in [6.07, 6.45) is -1.87. The first-order valence-electron chi connectivity index (χ1n) is 9.26. The minimum Gasteiger partial charge on any atom is -0.403 e. The Hall–Kier alpha value is -1.54. The van der Waals surface area contributed by atoms with Crippen LogP contribution in [0.3, 0.4) is 0 Å². The van der Waals surface area contributed by atoms with Crippen molar-refractivity contribution in [3.8, 4) is 0 Å². The Morgan fingerprint density at radius 2 is 1.81 bits per heavy atom. The van der Waals surface area contributed by atoms with Crippen molar-refractivity contribution in [2.75, 3.05) is 0 Å². The van der Waals surface area contributed by atoms with Crippen LogP contribution in [0.1, 0.15) is 51.2 Å². The smallest absolute Gasteiger partial charge is 0.403 e. The minimum atomic E-state index is -4.30. The molecule has 0 N–H and O–H groups in total. The van der Waals surface area contributed by atoms with Gasteiger partial charge < -0.3 is 9.31 Å². The van der Waals surface area contributed by atoms with Gasteiger partial charge in [-0.15, -0.1) is 0 Å². The largest absolute Gasteiger partial charge is 0.461 e. The lowest BCUT2D eigenvalue weighted by Crippen LogP contribution is -2.41. The average molecular weight is 380 g/mol. The Bertz CT molecular complexity index is 875. The predicted molar refractivity (Wildman–Crippen MR) is 97.7 cm³/mol. The molecule has 1 saturated heterocycles. The molecule has 2 atom stereocenters. The fraction of sp³-hybridized carbons (Fsp3) is 0.632. The third-order valence-corrected chi connectivity index (χ3v) is 6.21. The van der Waals surface area contributed by atoms with Crippen LogP contribution in [0.25, 0.3) is 10.9 Å². The van der Waals surface area contributed by atoms with Crippen LogP contribution in [0.4, 0.5) is 13.2 Å². The van der Waals surface area contributed by atoms with Crippen molar-refractivity contribution in [1.29, 1.82) is 0 Å². The predicted octanol–water partition coefficient (Wildman–Crippen LogP) is 4.86. The number of benzene rings is 1. The Kier molecular flexibility index (Phi) is 4.00. The van der Waals surface area contributed by atoms with E-state index in [2.05, 4.69) is 11.2 Å². The van der Waals surface area contributed by atoms with Crippen LogP contribution in [0.2, 0.25) is 5.82 Å². The lowest BCUT2D eigenvalue weighted by atomic mass is 9.79. The second-order valence-corrected chi connectivity index (χ2v) is 8.82. The molecule has 146 valence electrons. The maximum absolute atomic E-state index is 12.8. The normalized spacial score (nSPS) is 26.7. The molecule has 0 spiro atoms. The van der Waals surface area contributed by atoms with Crippen LogP contribution >= 0.6 is 0 Å². The fourth-order valence-electron chi connectivity index (χ4n) is 3.85. The second-order valence-electron chi connectivity index (χ2n) is 8.82. The highest BCUT2D eigenvalue weighted by molar-refractivity contribution is 6.49. The molecule has 2 aromatic rings. The van der Waals surface area contributed by atoms with Gasteiger partial charge in [0, 0.05) is 11.2 Å². The summed E-state index contributed by atoms with van der Waals surface area (Å²) in [5.74, 6) is 0.457. The van der Waals surface area contributed by atoms with Crippen molar-refractivity contribution in [2.45, 2.75) is 76.7 Å². The van der Waals surface area contributed by atoms with Crippen LogP contribution in [0.5, 0.6) is 0 Å². The van der Waals surface area contributed by atoms with Crippen molar-refractivity contribution in [3.05, 3.63) is 29.5 Å². The van der Waals surface area contributed by atoms with Crippen LogP contribution in [0, 0.1) is 6.92 Å². The SMILES string of the molecule is Cc1cc([C@H]2C[C@@H]2B2OC(C)(C)C(C)(C)O2)cc2c1cnn2CC(F)(F)F. The van der Waals surface area contributed by atoms with Gasteiger partial charge in [0.1, 0.15) is 6.54 Å². The zero-order valence-corrected chi connectivity index (χ0v) is 16.2. The van der Waals surface area contributed by atoms with Crippen LogP contribution < -0.4 is 0 Å². The summed E-state index contributed by atoms with van der Waals surface area (Å²) >= 11 is 0.